The molecule has 0 saturated carbocycles. The van der Waals surface area contributed by atoms with Crippen LogP contribution >= 0.6 is 0 Å². The van der Waals surface area contributed by atoms with Crippen molar-refractivity contribution in [1.82, 2.24) is 0 Å². The minimum absolute atomic E-state index is 0.0936. The third kappa shape index (κ3) is 2.58. The Hall–Kier alpha value is -1.56. The number of nitrogens with two attached hydrogens (primary N) is 1. The molecule has 0 aliphatic rings. The first-order valence-corrected chi connectivity index (χ1v) is 4.92. The fraction of sp³-hybridized carbons (Fsp3) is 0.364. The second-order valence-electron chi connectivity index (χ2n) is 3.66. The fourth-order valence-corrected chi connectivity index (χ4v) is 1.47. The largest absolute Gasteiger partial charge is 0.416 e. The summed E-state index contributed by atoms with van der Waals surface area (Å²) >= 11 is 0. The van der Waals surface area contributed by atoms with Crippen LogP contribution in [0, 0.1) is 0 Å². The Morgan fingerprint density at radius 1 is 1.35 bits per heavy atom. The lowest BCUT2D eigenvalue weighted by Crippen LogP contribution is -2.40. The summed E-state index contributed by atoms with van der Waals surface area (Å²) in [5, 5.41) is 9.92. The molecule has 1 rings (SSSR count). The summed E-state index contributed by atoms with van der Waals surface area (Å²) in [7, 11) is 0. The van der Waals surface area contributed by atoms with Crippen molar-refractivity contribution >= 4 is 5.91 Å². The maximum atomic E-state index is 12.5. The number of rotatable bonds is 3. The van der Waals surface area contributed by atoms with E-state index in [0.29, 0.717) is 0 Å². The van der Waals surface area contributed by atoms with Crippen LogP contribution in [0.15, 0.2) is 24.3 Å². The zero-order chi connectivity index (χ0) is 13.3. The molecule has 6 heteroatoms. The van der Waals surface area contributed by atoms with Gasteiger partial charge in [0.05, 0.1) is 5.56 Å². The van der Waals surface area contributed by atoms with Crippen LogP contribution in [0.25, 0.3) is 0 Å². The van der Waals surface area contributed by atoms with Crippen LogP contribution < -0.4 is 5.73 Å². The topological polar surface area (TPSA) is 63.3 Å². The van der Waals surface area contributed by atoms with E-state index < -0.39 is 23.2 Å². The molecule has 0 radical (unpaired) electrons. The van der Waals surface area contributed by atoms with Crippen LogP contribution in [0.5, 0.6) is 0 Å². The second kappa shape index (κ2) is 4.37. The smallest absolute Gasteiger partial charge is 0.375 e. The van der Waals surface area contributed by atoms with Crippen molar-refractivity contribution in [2.45, 2.75) is 25.1 Å². The zero-order valence-electron chi connectivity index (χ0n) is 9.08. The summed E-state index contributed by atoms with van der Waals surface area (Å²) < 4.78 is 37.4. The Morgan fingerprint density at radius 2 is 1.88 bits per heavy atom. The fourth-order valence-electron chi connectivity index (χ4n) is 1.47. The van der Waals surface area contributed by atoms with Crippen molar-refractivity contribution in [2.24, 2.45) is 5.73 Å². The van der Waals surface area contributed by atoms with Gasteiger partial charge in [-0.3, -0.25) is 4.79 Å². The first-order chi connectivity index (χ1) is 7.71. The number of benzene rings is 1. The molecule has 3 nitrogen and oxygen atoms in total. The third-order valence-electron chi connectivity index (χ3n) is 2.59. The highest BCUT2D eigenvalue weighted by Gasteiger charge is 2.37. The number of aliphatic hydroxyl groups is 1. The molecule has 1 atom stereocenters. The maximum Gasteiger partial charge on any atom is 0.416 e. The van der Waals surface area contributed by atoms with Gasteiger partial charge >= 0.3 is 6.18 Å². The first-order valence-electron chi connectivity index (χ1n) is 4.92. The minimum Gasteiger partial charge on any atom is -0.375 e. The van der Waals surface area contributed by atoms with Gasteiger partial charge in [0, 0.05) is 0 Å². The molecule has 0 spiro atoms. The van der Waals surface area contributed by atoms with Gasteiger partial charge in [-0.25, -0.2) is 0 Å². The van der Waals surface area contributed by atoms with Crippen molar-refractivity contribution in [3.8, 4) is 0 Å². The van der Waals surface area contributed by atoms with Crippen molar-refractivity contribution < 1.29 is 23.1 Å². The summed E-state index contributed by atoms with van der Waals surface area (Å²) in [6.45, 7) is 1.46. The van der Waals surface area contributed by atoms with E-state index >= 15 is 0 Å². The van der Waals surface area contributed by atoms with Gasteiger partial charge < -0.3 is 10.8 Å². The van der Waals surface area contributed by atoms with Crippen LogP contribution in [0.2, 0.25) is 0 Å². The van der Waals surface area contributed by atoms with Crippen LogP contribution in [-0.4, -0.2) is 11.0 Å². The number of hydrogen-bond acceptors (Lipinski definition) is 2. The SMILES string of the molecule is CCC(O)(C(N)=O)c1cccc(C(F)(F)F)c1. The average Bonchev–Trinajstić information content (AvgIpc) is 2.26. The van der Waals surface area contributed by atoms with Gasteiger partial charge in [0.25, 0.3) is 5.91 Å². The van der Waals surface area contributed by atoms with Gasteiger partial charge in [0.15, 0.2) is 5.60 Å². The molecule has 3 N–H and O–H groups in total. The Kier molecular flexibility index (Phi) is 3.47. The third-order valence-corrected chi connectivity index (χ3v) is 2.59. The molecule has 1 amide bonds. The van der Waals surface area contributed by atoms with E-state index in [4.69, 9.17) is 5.73 Å². The second-order valence-corrected chi connectivity index (χ2v) is 3.66. The normalized spacial score (nSPS) is 15.4. The van der Waals surface area contributed by atoms with E-state index in [1.807, 2.05) is 0 Å². The quantitative estimate of drug-likeness (QED) is 0.855. The van der Waals surface area contributed by atoms with Crippen LogP contribution in [0.4, 0.5) is 13.2 Å². The number of hydrogen-bond donors (Lipinski definition) is 2. The predicted octanol–water partition coefficient (Wildman–Crippen LogP) is 1.79. The highest BCUT2D eigenvalue weighted by molar-refractivity contribution is 5.84. The van der Waals surface area contributed by atoms with Gasteiger partial charge in [0.2, 0.25) is 0 Å². The zero-order valence-corrected chi connectivity index (χ0v) is 9.08. The lowest BCUT2D eigenvalue weighted by Gasteiger charge is -2.24. The standard InChI is InChI=1S/C11H12F3NO2/c1-2-10(17,9(15)16)7-4-3-5-8(6-7)11(12,13)14/h3-6,17H,2H2,1H3,(H2,15,16). The van der Waals surface area contributed by atoms with Gasteiger partial charge in [-0.15, -0.1) is 0 Å². The molecule has 0 aromatic heterocycles. The number of primary amides is 1. The van der Waals surface area contributed by atoms with E-state index in [9.17, 15) is 23.1 Å². The van der Waals surface area contributed by atoms with E-state index in [2.05, 4.69) is 0 Å². The molecule has 0 heterocycles. The highest BCUT2D eigenvalue weighted by Crippen LogP contribution is 2.33. The minimum atomic E-state index is -4.53. The molecule has 0 saturated heterocycles. The molecular formula is C11H12F3NO2. The number of carbonyl (C=O) groups excluding carboxylic acids is 1. The van der Waals surface area contributed by atoms with Crippen molar-refractivity contribution in [3.63, 3.8) is 0 Å². The van der Waals surface area contributed by atoms with Gasteiger partial charge in [-0.1, -0.05) is 19.1 Å². The lowest BCUT2D eigenvalue weighted by molar-refractivity contribution is -0.140. The van der Waals surface area contributed by atoms with Crippen molar-refractivity contribution in [1.29, 1.82) is 0 Å². The molecule has 0 aliphatic carbocycles. The van der Waals surface area contributed by atoms with E-state index in [-0.39, 0.29) is 12.0 Å². The maximum absolute atomic E-state index is 12.5. The van der Waals surface area contributed by atoms with Crippen molar-refractivity contribution in [2.75, 3.05) is 0 Å². The van der Waals surface area contributed by atoms with E-state index in [0.717, 1.165) is 18.2 Å². The van der Waals surface area contributed by atoms with Gasteiger partial charge in [0.1, 0.15) is 0 Å². The molecule has 0 fully saturated rings. The van der Waals surface area contributed by atoms with E-state index in [1.165, 1.54) is 13.0 Å². The van der Waals surface area contributed by atoms with Crippen LogP contribution in [0.3, 0.4) is 0 Å². The Bertz CT molecular complexity index is 431. The number of alkyl halides is 3. The van der Waals surface area contributed by atoms with Gasteiger partial charge in [-0.05, 0) is 24.1 Å². The Labute approximate surface area is 96.0 Å². The highest BCUT2D eigenvalue weighted by atomic mass is 19.4. The lowest BCUT2D eigenvalue weighted by atomic mass is 9.89. The molecule has 1 unspecified atom stereocenters. The van der Waals surface area contributed by atoms with Crippen molar-refractivity contribution in [3.05, 3.63) is 35.4 Å². The first kappa shape index (κ1) is 13.5. The Balaban J connectivity index is 3.28. The van der Waals surface area contributed by atoms with Crippen LogP contribution in [-0.2, 0) is 16.6 Å². The van der Waals surface area contributed by atoms with Crippen LogP contribution in [0.1, 0.15) is 24.5 Å². The molecule has 1 aromatic carbocycles. The van der Waals surface area contributed by atoms with E-state index in [1.54, 1.807) is 0 Å². The molecule has 94 valence electrons. The molecule has 0 aliphatic heterocycles. The molecule has 17 heavy (non-hydrogen) atoms. The summed E-state index contributed by atoms with van der Waals surface area (Å²) in [6, 6.07) is 3.96. The average molecular weight is 247 g/mol. The Morgan fingerprint density at radius 3 is 2.29 bits per heavy atom. The summed E-state index contributed by atoms with van der Waals surface area (Å²) in [5.74, 6) is -1.07. The summed E-state index contributed by atoms with van der Waals surface area (Å²) in [6.07, 6.45) is -4.62. The number of amides is 1. The molecule has 1 aromatic rings. The summed E-state index contributed by atoms with van der Waals surface area (Å²) in [4.78, 5) is 11.1. The summed E-state index contributed by atoms with van der Waals surface area (Å²) in [5.41, 5.74) is 1.86. The predicted molar refractivity (Wildman–Crippen MR) is 54.8 cm³/mol. The number of carbonyl (C=O) groups is 1. The van der Waals surface area contributed by atoms with Gasteiger partial charge in [-0.2, -0.15) is 13.2 Å². The molecular weight excluding hydrogens is 235 g/mol. The molecule has 0 bridgehead atoms. The monoisotopic (exact) mass is 247 g/mol. The number of halogens is 3.